The van der Waals surface area contributed by atoms with Crippen molar-refractivity contribution in [2.24, 2.45) is 0 Å². The summed E-state index contributed by atoms with van der Waals surface area (Å²) in [6, 6.07) is 13.9. The van der Waals surface area contributed by atoms with Crippen molar-refractivity contribution in [2.75, 3.05) is 0 Å². The summed E-state index contributed by atoms with van der Waals surface area (Å²) in [6.45, 7) is 0. The molecule has 0 fully saturated rings. The first kappa shape index (κ1) is 9.32. The maximum Gasteiger partial charge on any atom is 0.0991 e. The van der Waals surface area contributed by atoms with Crippen LogP contribution in [0.2, 0.25) is 0 Å². The van der Waals surface area contributed by atoms with Crippen LogP contribution in [-0.2, 0) is 0 Å². The highest BCUT2D eigenvalue weighted by atomic mass is 32.2. The van der Waals surface area contributed by atoms with Crippen LogP contribution in [0.5, 0.6) is 0 Å². The fourth-order valence-electron chi connectivity index (χ4n) is 1.04. The van der Waals surface area contributed by atoms with E-state index in [1.54, 1.807) is 23.1 Å². The second kappa shape index (κ2) is 4.32. The van der Waals surface area contributed by atoms with Crippen molar-refractivity contribution in [1.29, 1.82) is 5.26 Å². The molecule has 14 heavy (non-hydrogen) atoms. The minimum absolute atomic E-state index is 0.709. The van der Waals surface area contributed by atoms with Gasteiger partial charge in [-0.2, -0.15) is 5.26 Å². The van der Waals surface area contributed by atoms with E-state index in [0.717, 1.165) is 0 Å². The zero-order valence-electron chi connectivity index (χ0n) is 7.31. The Morgan fingerprint density at radius 3 is 2.50 bits per heavy atom. The van der Waals surface area contributed by atoms with Gasteiger partial charge in [0.25, 0.3) is 0 Å². The molecule has 0 atom stereocenters. The van der Waals surface area contributed by atoms with Gasteiger partial charge < -0.3 is 0 Å². The molecule has 0 unspecified atom stereocenters. The van der Waals surface area contributed by atoms with Gasteiger partial charge in [-0.05, 0) is 35.7 Å². The normalized spacial score (nSPS) is 9.64. The zero-order chi connectivity index (χ0) is 9.80. The van der Waals surface area contributed by atoms with Crippen LogP contribution in [0, 0.1) is 11.3 Å². The highest BCUT2D eigenvalue weighted by Gasteiger charge is 1.97. The standard InChI is InChI=1S/C11H7NS2/c12-8-9-3-5-10(6-4-9)14-11-2-1-7-13-11/h1-7H. The quantitative estimate of drug-likeness (QED) is 0.764. The summed E-state index contributed by atoms with van der Waals surface area (Å²) < 4.78 is 1.27. The highest BCUT2D eigenvalue weighted by molar-refractivity contribution is 8.01. The fourth-order valence-corrected chi connectivity index (χ4v) is 2.78. The van der Waals surface area contributed by atoms with Crippen LogP contribution in [0.1, 0.15) is 5.56 Å². The predicted molar refractivity (Wildman–Crippen MR) is 59.6 cm³/mol. The molecule has 0 spiro atoms. The molecule has 0 aliphatic heterocycles. The highest BCUT2D eigenvalue weighted by Crippen LogP contribution is 2.30. The maximum absolute atomic E-state index is 8.63. The Morgan fingerprint density at radius 1 is 1.14 bits per heavy atom. The average molecular weight is 217 g/mol. The summed E-state index contributed by atoms with van der Waals surface area (Å²) in [6.07, 6.45) is 0. The Labute approximate surface area is 91.0 Å². The molecule has 0 bridgehead atoms. The maximum atomic E-state index is 8.63. The molecule has 0 aliphatic rings. The first-order valence-corrected chi connectivity index (χ1v) is 5.79. The van der Waals surface area contributed by atoms with Crippen LogP contribution in [0.3, 0.4) is 0 Å². The van der Waals surface area contributed by atoms with Gasteiger partial charge >= 0.3 is 0 Å². The van der Waals surface area contributed by atoms with E-state index in [1.807, 2.05) is 30.3 Å². The molecule has 1 aromatic carbocycles. The van der Waals surface area contributed by atoms with Gasteiger partial charge in [0.2, 0.25) is 0 Å². The number of nitrogens with zero attached hydrogens (tertiary/aromatic N) is 1. The molecule has 1 heterocycles. The molecule has 0 radical (unpaired) electrons. The van der Waals surface area contributed by atoms with Crippen LogP contribution in [0.25, 0.3) is 0 Å². The van der Waals surface area contributed by atoms with E-state index >= 15 is 0 Å². The van der Waals surface area contributed by atoms with Gasteiger partial charge in [0.05, 0.1) is 15.8 Å². The molecule has 0 saturated carbocycles. The zero-order valence-corrected chi connectivity index (χ0v) is 8.94. The van der Waals surface area contributed by atoms with E-state index < -0.39 is 0 Å². The molecule has 0 saturated heterocycles. The van der Waals surface area contributed by atoms with Crippen molar-refractivity contribution in [3.8, 4) is 6.07 Å². The number of hydrogen-bond donors (Lipinski definition) is 0. The lowest BCUT2D eigenvalue weighted by Crippen LogP contribution is -1.73. The van der Waals surface area contributed by atoms with E-state index in [0.29, 0.717) is 5.56 Å². The van der Waals surface area contributed by atoms with E-state index in [2.05, 4.69) is 17.5 Å². The fraction of sp³-hybridized carbons (Fsp3) is 0. The van der Waals surface area contributed by atoms with Gasteiger partial charge in [0.1, 0.15) is 0 Å². The van der Waals surface area contributed by atoms with Crippen molar-refractivity contribution in [2.45, 2.75) is 9.10 Å². The SMILES string of the molecule is N#Cc1ccc(Sc2cccs2)cc1. The van der Waals surface area contributed by atoms with Crippen LogP contribution in [0.15, 0.2) is 50.9 Å². The van der Waals surface area contributed by atoms with Gasteiger partial charge in [-0.3, -0.25) is 0 Å². The third-order valence-electron chi connectivity index (χ3n) is 1.70. The first-order chi connectivity index (χ1) is 6.88. The monoisotopic (exact) mass is 217 g/mol. The summed E-state index contributed by atoms with van der Waals surface area (Å²) in [4.78, 5) is 1.17. The second-order valence-electron chi connectivity index (χ2n) is 2.67. The molecule has 68 valence electrons. The van der Waals surface area contributed by atoms with Crippen LogP contribution < -0.4 is 0 Å². The third kappa shape index (κ3) is 2.16. The molecule has 1 aromatic heterocycles. The summed E-state index contributed by atoms with van der Waals surface area (Å²) >= 11 is 3.45. The van der Waals surface area contributed by atoms with Crippen molar-refractivity contribution in [3.63, 3.8) is 0 Å². The Hall–Kier alpha value is -1.24. The smallest absolute Gasteiger partial charge is 0.0991 e. The predicted octanol–water partition coefficient (Wildman–Crippen LogP) is 3.77. The lowest BCUT2D eigenvalue weighted by molar-refractivity contribution is 1.41. The summed E-state index contributed by atoms with van der Waals surface area (Å²) in [5, 5.41) is 10.7. The second-order valence-corrected chi connectivity index (χ2v) is 4.99. The first-order valence-electron chi connectivity index (χ1n) is 4.10. The van der Waals surface area contributed by atoms with Gasteiger partial charge in [0, 0.05) is 4.90 Å². The lowest BCUT2D eigenvalue weighted by atomic mass is 10.2. The number of hydrogen-bond acceptors (Lipinski definition) is 3. The van der Waals surface area contributed by atoms with Crippen LogP contribution >= 0.6 is 23.1 Å². The summed E-state index contributed by atoms with van der Waals surface area (Å²) in [5.74, 6) is 0. The Morgan fingerprint density at radius 2 is 1.93 bits per heavy atom. The molecule has 0 aliphatic carbocycles. The molecule has 0 amide bonds. The van der Waals surface area contributed by atoms with Crippen molar-refractivity contribution >= 4 is 23.1 Å². The van der Waals surface area contributed by atoms with Gasteiger partial charge in [0.15, 0.2) is 0 Å². The van der Waals surface area contributed by atoms with E-state index in [9.17, 15) is 0 Å². The van der Waals surface area contributed by atoms with Gasteiger partial charge in [-0.25, -0.2) is 0 Å². The molecule has 1 nitrogen and oxygen atoms in total. The van der Waals surface area contributed by atoms with Crippen LogP contribution in [-0.4, -0.2) is 0 Å². The van der Waals surface area contributed by atoms with Gasteiger partial charge in [-0.1, -0.05) is 17.8 Å². The van der Waals surface area contributed by atoms with E-state index in [-0.39, 0.29) is 0 Å². The Kier molecular flexibility index (Phi) is 2.87. The minimum Gasteiger partial charge on any atom is -0.192 e. The summed E-state index contributed by atoms with van der Waals surface area (Å²) in [7, 11) is 0. The number of benzene rings is 1. The van der Waals surface area contributed by atoms with E-state index in [4.69, 9.17) is 5.26 Å². The lowest BCUT2D eigenvalue weighted by Gasteiger charge is -1.97. The largest absolute Gasteiger partial charge is 0.192 e. The summed E-state index contributed by atoms with van der Waals surface area (Å²) in [5.41, 5.74) is 0.709. The Bertz CT molecular complexity index is 437. The van der Waals surface area contributed by atoms with Crippen molar-refractivity contribution < 1.29 is 0 Å². The molecule has 0 N–H and O–H groups in total. The number of rotatable bonds is 2. The van der Waals surface area contributed by atoms with Crippen molar-refractivity contribution in [3.05, 3.63) is 47.3 Å². The minimum atomic E-state index is 0.709. The third-order valence-corrected chi connectivity index (χ3v) is 3.74. The number of nitriles is 1. The molecule has 2 aromatic rings. The average Bonchev–Trinajstić information content (AvgIpc) is 2.72. The molecule has 3 heteroatoms. The topological polar surface area (TPSA) is 23.8 Å². The van der Waals surface area contributed by atoms with Crippen LogP contribution in [0.4, 0.5) is 0 Å². The number of thiophene rings is 1. The van der Waals surface area contributed by atoms with Gasteiger partial charge in [-0.15, -0.1) is 11.3 Å². The molecular formula is C11H7NS2. The van der Waals surface area contributed by atoms with Crippen molar-refractivity contribution in [1.82, 2.24) is 0 Å². The molecule has 2 rings (SSSR count). The Balaban J connectivity index is 2.15. The van der Waals surface area contributed by atoms with E-state index in [1.165, 1.54) is 9.10 Å². The molecular weight excluding hydrogens is 210 g/mol.